The van der Waals surface area contributed by atoms with Crippen LogP contribution in [-0.2, 0) is 4.74 Å². The zero-order valence-electron chi connectivity index (χ0n) is 13.4. The molecule has 0 aliphatic carbocycles. The summed E-state index contributed by atoms with van der Waals surface area (Å²) in [5, 5.41) is 16.9. The Morgan fingerprint density at radius 2 is 2.08 bits per heavy atom. The lowest BCUT2D eigenvalue weighted by Crippen LogP contribution is -2.17. The van der Waals surface area contributed by atoms with Gasteiger partial charge in [0.2, 0.25) is 11.8 Å². The van der Waals surface area contributed by atoms with Crippen LogP contribution in [0.5, 0.6) is 0 Å². The van der Waals surface area contributed by atoms with Gasteiger partial charge >= 0.3 is 11.7 Å². The molecule has 0 aliphatic heterocycles. The highest BCUT2D eigenvalue weighted by Gasteiger charge is 2.26. The van der Waals surface area contributed by atoms with E-state index in [9.17, 15) is 19.3 Å². The molecule has 2 aromatic heterocycles. The molecule has 0 saturated heterocycles. The van der Waals surface area contributed by atoms with Gasteiger partial charge in [-0.25, -0.2) is 14.8 Å². The van der Waals surface area contributed by atoms with Crippen molar-refractivity contribution in [2.45, 2.75) is 6.92 Å². The van der Waals surface area contributed by atoms with E-state index < -0.39 is 22.5 Å². The molecule has 0 aliphatic rings. The Labute approximate surface area is 142 Å². The van der Waals surface area contributed by atoms with Crippen LogP contribution in [0.2, 0.25) is 0 Å². The third kappa shape index (κ3) is 4.83. The second kappa shape index (κ2) is 8.52. The van der Waals surface area contributed by atoms with Crippen molar-refractivity contribution < 1.29 is 18.8 Å². The summed E-state index contributed by atoms with van der Waals surface area (Å²) in [7, 11) is 0. The molecule has 2 N–H and O–H groups in total. The standard InChI is InChI=1S/C15H16FN5O4/c1-2-25-15(22)10-6-7-18-14(13(10)21(23)24)19-9-8-17-12-5-3-4-11(16)20-12/h3-7H,2,8-9H2,1H3,(H,17,20)(H,18,19). The van der Waals surface area contributed by atoms with Gasteiger partial charge in [-0.3, -0.25) is 10.1 Å². The van der Waals surface area contributed by atoms with Crippen LogP contribution in [0, 0.1) is 16.1 Å². The van der Waals surface area contributed by atoms with Crippen molar-refractivity contribution in [1.29, 1.82) is 0 Å². The van der Waals surface area contributed by atoms with Crippen LogP contribution < -0.4 is 10.6 Å². The number of hydrogen-bond donors (Lipinski definition) is 2. The Kier molecular flexibility index (Phi) is 6.15. The predicted molar refractivity (Wildman–Crippen MR) is 88.0 cm³/mol. The smallest absolute Gasteiger partial charge is 0.345 e. The number of carbonyl (C=O) groups excluding carboxylic acids is 1. The Balaban J connectivity index is 2.05. The van der Waals surface area contributed by atoms with Gasteiger partial charge < -0.3 is 15.4 Å². The molecule has 132 valence electrons. The SMILES string of the molecule is CCOC(=O)c1ccnc(NCCNc2cccc(F)n2)c1[N+](=O)[O-]. The maximum atomic E-state index is 13.0. The van der Waals surface area contributed by atoms with E-state index in [1.54, 1.807) is 13.0 Å². The monoisotopic (exact) mass is 349 g/mol. The summed E-state index contributed by atoms with van der Waals surface area (Å²) in [6.45, 7) is 2.25. The molecule has 0 saturated carbocycles. The topological polar surface area (TPSA) is 119 Å². The van der Waals surface area contributed by atoms with E-state index in [-0.39, 0.29) is 24.5 Å². The third-order valence-electron chi connectivity index (χ3n) is 3.04. The van der Waals surface area contributed by atoms with E-state index in [4.69, 9.17) is 4.74 Å². The first-order valence-electron chi connectivity index (χ1n) is 7.43. The molecule has 0 radical (unpaired) electrons. The number of aromatic nitrogens is 2. The number of anilines is 2. The molecular weight excluding hydrogens is 333 g/mol. The van der Waals surface area contributed by atoms with Gasteiger partial charge in [-0.05, 0) is 25.1 Å². The molecule has 9 nitrogen and oxygen atoms in total. The van der Waals surface area contributed by atoms with Crippen LogP contribution in [0.3, 0.4) is 0 Å². The predicted octanol–water partition coefficient (Wildman–Crippen LogP) is 2.22. The number of carbonyl (C=O) groups is 1. The number of nitro groups is 1. The molecule has 0 fully saturated rings. The van der Waals surface area contributed by atoms with Gasteiger partial charge in [0, 0.05) is 19.3 Å². The lowest BCUT2D eigenvalue weighted by atomic mass is 10.2. The van der Waals surface area contributed by atoms with Crippen molar-refractivity contribution in [3.63, 3.8) is 0 Å². The third-order valence-corrected chi connectivity index (χ3v) is 3.04. The number of ether oxygens (including phenoxy) is 1. The number of rotatable bonds is 8. The van der Waals surface area contributed by atoms with Crippen LogP contribution >= 0.6 is 0 Å². The van der Waals surface area contributed by atoms with E-state index in [2.05, 4.69) is 20.6 Å². The molecule has 0 atom stereocenters. The Morgan fingerprint density at radius 3 is 2.76 bits per heavy atom. The normalized spacial score (nSPS) is 10.2. The molecule has 2 heterocycles. The molecule has 2 rings (SSSR count). The number of halogens is 1. The van der Waals surface area contributed by atoms with E-state index in [0.29, 0.717) is 12.4 Å². The second-order valence-electron chi connectivity index (χ2n) is 4.73. The Morgan fingerprint density at radius 1 is 1.32 bits per heavy atom. The van der Waals surface area contributed by atoms with Crippen molar-refractivity contribution >= 4 is 23.3 Å². The molecule has 0 bridgehead atoms. The summed E-state index contributed by atoms with van der Waals surface area (Å²) >= 11 is 0. The van der Waals surface area contributed by atoms with E-state index in [1.165, 1.54) is 24.4 Å². The highest BCUT2D eigenvalue weighted by atomic mass is 19.1. The van der Waals surface area contributed by atoms with Gasteiger partial charge in [-0.2, -0.15) is 4.39 Å². The first-order valence-corrected chi connectivity index (χ1v) is 7.43. The van der Waals surface area contributed by atoms with Crippen LogP contribution in [0.1, 0.15) is 17.3 Å². The molecule has 25 heavy (non-hydrogen) atoms. The van der Waals surface area contributed by atoms with Gasteiger partial charge in [-0.15, -0.1) is 0 Å². The largest absolute Gasteiger partial charge is 0.462 e. The minimum absolute atomic E-state index is 0.0513. The van der Waals surface area contributed by atoms with E-state index in [1.807, 2.05) is 0 Å². The Hall–Kier alpha value is -3.30. The van der Waals surface area contributed by atoms with Crippen molar-refractivity contribution in [3.05, 3.63) is 52.1 Å². The zero-order chi connectivity index (χ0) is 18.2. The molecule has 0 spiro atoms. The number of nitrogens with zero attached hydrogens (tertiary/aromatic N) is 3. The second-order valence-corrected chi connectivity index (χ2v) is 4.73. The molecular formula is C15H16FN5O4. The first-order chi connectivity index (χ1) is 12.0. The summed E-state index contributed by atoms with van der Waals surface area (Å²) in [6, 6.07) is 5.55. The fourth-order valence-corrected chi connectivity index (χ4v) is 2.02. The van der Waals surface area contributed by atoms with Crippen LogP contribution in [0.4, 0.5) is 21.7 Å². The van der Waals surface area contributed by atoms with Crippen molar-refractivity contribution in [2.75, 3.05) is 30.3 Å². The minimum atomic E-state index is -0.790. The number of pyridine rings is 2. The highest BCUT2D eigenvalue weighted by molar-refractivity contribution is 5.96. The van der Waals surface area contributed by atoms with Gasteiger partial charge in [0.15, 0.2) is 0 Å². The molecule has 0 amide bonds. The lowest BCUT2D eigenvalue weighted by molar-refractivity contribution is -0.384. The van der Waals surface area contributed by atoms with Crippen molar-refractivity contribution in [2.24, 2.45) is 0 Å². The van der Waals surface area contributed by atoms with Crippen LogP contribution in [0.25, 0.3) is 0 Å². The van der Waals surface area contributed by atoms with Crippen LogP contribution in [0.15, 0.2) is 30.5 Å². The fourth-order valence-electron chi connectivity index (χ4n) is 2.02. The fraction of sp³-hybridized carbons (Fsp3) is 0.267. The lowest BCUT2D eigenvalue weighted by Gasteiger charge is -2.10. The first kappa shape index (κ1) is 18.0. The summed E-state index contributed by atoms with van der Waals surface area (Å²) < 4.78 is 17.8. The van der Waals surface area contributed by atoms with Gasteiger partial charge in [0.25, 0.3) is 0 Å². The molecule has 0 aromatic carbocycles. The molecule has 10 heteroatoms. The van der Waals surface area contributed by atoms with Gasteiger partial charge in [0.05, 0.1) is 11.5 Å². The van der Waals surface area contributed by atoms with Crippen molar-refractivity contribution in [1.82, 2.24) is 9.97 Å². The number of nitrogens with one attached hydrogen (secondary N) is 2. The summed E-state index contributed by atoms with van der Waals surface area (Å²) in [5.41, 5.74) is -0.631. The number of hydrogen-bond acceptors (Lipinski definition) is 8. The molecule has 0 unspecified atom stereocenters. The highest BCUT2D eigenvalue weighted by Crippen LogP contribution is 2.26. The average molecular weight is 349 g/mol. The van der Waals surface area contributed by atoms with E-state index in [0.717, 1.165) is 0 Å². The minimum Gasteiger partial charge on any atom is -0.462 e. The summed E-state index contributed by atoms with van der Waals surface area (Å²) in [4.78, 5) is 30.0. The zero-order valence-corrected chi connectivity index (χ0v) is 13.4. The Bertz CT molecular complexity index is 771. The maximum Gasteiger partial charge on any atom is 0.345 e. The van der Waals surface area contributed by atoms with E-state index >= 15 is 0 Å². The maximum absolute atomic E-state index is 13.0. The van der Waals surface area contributed by atoms with Crippen LogP contribution in [-0.4, -0.2) is 40.6 Å². The summed E-state index contributed by atoms with van der Waals surface area (Å²) in [5.74, 6) is -1.12. The number of esters is 1. The summed E-state index contributed by atoms with van der Waals surface area (Å²) in [6.07, 6.45) is 1.28. The van der Waals surface area contributed by atoms with Gasteiger partial charge in [0.1, 0.15) is 11.4 Å². The average Bonchev–Trinajstić information content (AvgIpc) is 2.58. The molecule has 2 aromatic rings. The quantitative estimate of drug-likeness (QED) is 0.245. The van der Waals surface area contributed by atoms with Crippen molar-refractivity contribution in [3.8, 4) is 0 Å². The van der Waals surface area contributed by atoms with Gasteiger partial charge in [-0.1, -0.05) is 6.07 Å².